The predicted octanol–water partition coefficient (Wildman–Crippen LogP) is 0.937. The highest BCUT2D eigenvalue weighted by Crippen LogP contribution is 2.09. The molecule has 1 unspecified atom stereocenters. The molecular formula is C15H23N3O. The van der Waals surface area contributed by atoms with E-state index in [4.69, 9.17) is 0 Å². The van der Waals surface area contributed by atoms with Crippen molar-refractivity contribution in [3.8, 4) is 0 Å². The minimum Gasteiger partial charge on any atom is -0.350 e. The fourth-order valence-corrected chi connectivity index (χ4v) is 2.29. The number of carbonyl (C=O) groups is 1. The number of benzene rings is 1. The SMILES string of the molecule is Cc1ccc(C(=O)NCC2CNCCN2C)cc1C. The molecule has 1 amide bonds. The third kappa shape index (κ3) is 3.55. The van der Waals surface area contributed by atoms with Crippen LogP contribution in [0.2, 0.25) is 0 Å². The highest BCUT2D eigenvalue weighted by molar-refractivity contribution is 5.94. The Labute approximate surface area is 115 Å². The van der Waals surface area contributed by atoms with Crippen molar-refractivity contribution in [3.05, 3.63) is 34.9 Å². The van der Waals surface area contributed by atoms with Crippen molar-refractivity contribution in [1.29, 1.82) is 0 Å². The van der Waals surface area contributed by atoms with E-state index in [1.807, 2.05) is 25.1 Å². The van der Waals surface area contributed by atoms with Crippen molar-refractivity contribution in [1.82, 2.24) is 15.5 Å². The predicted molar refractivity (Wildman–Crippen MR) is 77.5 cm³/mol. The fourth-order valence-electron chi connectivity index (χ4n) is 2.29. The van der Waals surface area contributed by atoms with Crippen LogP contribution in [0.4, 0.5) is 0 Å². The molecular weight excluding hydrogens is 238 g/mol. The third-order valence-corrected chi connectivity index (χ3v) is 3.91. The van der Waals surface area contributed by atoms with Crippen molar-refractivity contribution in [3.63, 3.8) is 0 Å². The second kappa shape index (κ2) is 6.17. The number of rotatable bonds is 3. The largest absolute Gasteiger partial charge is 0.350 e. The van der Waals surface area contributed by atoms with Gasteiger partial charge in [-0.05, 0) is 44.2 Å². The van der Waals surface area contributed by atoms with Crippen LogP contribution in [0.1, 0.15) is 21.5 Å². The Balaban J connectivity index is 1.91. The normalized spacial score (nSPS) is 20.3. The summed E-state index contributed by atoms with van der Waals surface area (Å²) in [5.41, 5.74) is 3.12. The molecule has 4 nitrogen and oxygen atoms in total. The lowest BCUT2D eigenvalue weighted by Gasteiger charge is -2.33. The average molecular weight is 261 g/mol. The van der Waals surface area contributed by atoms with Gasteiger partial charge < -0.3 is 10.6 Å². The minimum atomic E-state index is 0.0158. The highest BCUT2D eigenvalue weighted by atomic mass is 16.1. The van der Waals surface area contributed by atoms with E-state index in [0.29, 0.717) is 12.6 Å². The van der Waals surface area contributed by atoms with Gasteiger partial charge in [-0.25, -0.2) is 0 Å². The number of likely N-dealkylation sites (N-methyl/N-ethyl adjacent to an activating group) is 1. The molecule has 0 bridgehead atoms. The van der Waals surface area contributed by atoms with Crippen LogP contribution >= 0.6 is 0 Å². The van der Waals surface area contributed by atoms with Gasteiger partial charge in [-0.3, -0.25) is 9.69 Å². The van der Waals surface area contributed by atoms with Crippen LogP contribution in [0.5, 0.6) is 0 Å². The van der Waals surface area contributed by atoms with E-state index in [1.165, 1.54) is 5.56 Å². The molecule has 104 valence electrons. The summed E-state index contributed by atoms with van der Waals surface area (Å²) in [6.07, 6.45) is 0. The smallest absolute Gasteiger partial charge is 0.251 e. The first kappa shape index (κ1) is 14.0. The van der Waals surface area contributed by atoms with Gasteiger partial charge in [0, 0.05) is 37.8 Å². The van der Waals surface area contributed by atoms with E-state index < -0.39 is 0 Å². The number of aryl methyl sites for hydroxylation is 2. The van der Waals surface area contributed by atoms with E-state index in [0.717, 1.165) is 30.8 Å². The van der Waals surface area contributed by atoms with Crippen molar-refractivity contribution in [2.24, 2.45) is 0 Å². The Morgan fingerprint density at radius 2 is 2.21 bits per heavy atom. The van der Waals surface area contributed by atoms with E-state index in [9.17, 15) is 4.79 Å². The van der Waals surface area contributed by atoms with Crippen molar-refractivity contribution in [2.45, 2.75) is 19.9 Å². The number of amides is 1. The zero-order valence-corrected chi connectivity index (χ0v) is 12.0. The molecule has 4 heteroatoms. The molecule has 1 atom stereocenters. The van der Waals surface area contributed by atoms with Crippen LogP contribution in [0.25, 0.3) is 0 Å². The molecule has 0 aromatic heterocycles. The summed E-state index contributed by atoms with van der Waals surface area (Å²) in [6.45, 7) is 7.77. The summed E-state index contributed by atoms with van der Waals surface area (Å²) in [4.78, 5) is 14.4. The Morgan fingerprint density at radius 3 is 2.89 bits per heavy atom. The quantitative estimate of drug-likeness (QED) is 0.851. The number of nitrogens with zero attached hydrogens (tertiary/aromatic N) is 1. The van der Waals surface area contributed by atoms with Crippen LogP contribution in [0, 0.1) is 13.8 Å². The monoisotopic (exact) mass is 261 g/mol. The van der Waals surface area contributed by atoms with Gasteiger partial charge in [0.05, 0.1) is 0 Å². The molecule has 0 radical (unpaired) electrons. The first-order chi connectivity index (χ1) is 9.08. The number of piperazine rings is 1. The molecule has 0 aliphatic carbocycles. The summed E-state index contributed by atoms with van der Waals surface area (Å²) in [7, 11) is 2.10. The Morgan fingerprint density at radius 1 is 1.42 bits per heavy atom. The van der Waals surface area contributed by atoms with Crippen molar-refractivity contribution < 1.29 is 4.79 Å². The summed E-state index contributed by atoms with van der Waals surface area (Å²) in [6, 6.07) is 6.22. The first-order valence-electron chi connectivity index (χ1n) is 6.84. The molecule has 1 saturated heterocycles. The molecule has 1 aromatic carbocycles. The average Bonchev–Trinajstić information content (AvgIpc) is 2.40. The van der Waals surface area contributed by atoms with E-state index >= 15 is 0 Å². The van der Waals surface area contributed by atoms with Gasteiger partial charge in [0.15, 0.2) is 0 Å². The summed E-state index contributed by atoms with van der Waals surface area (Å²) >= 11 is 0. The maximum Gasteiger partial charge on any atom is 0.251 e. The molecule has 0 spiro atoms. The fraction of sp³-hybridized carbons (Fsp3) is 0.533. The van der Waals surface area contributed by atoms with Gasteiger partial charge in [-0.2, -0.15) is 0 Å². The third-order valence-electron chi connectivity index (χ3n) is 3.91. The molecule has 1 heterocycles. The van der Waals surface area contributed by atoms with Gasteiger partial charge in [0.25, 0.3) is 5.91 Å². The molecule has 19 heavy (non-hydrogen) atoms. The van der Waals surface area contributed by atoms with Gasteiger partial charge >= 0.3 is 0 Å². The molecule has 1 aliphatic rings. The van der Waals surface area contributed by atoms with Gasteiger partial charge in [0.2, 0.25) is 0 Å². The Bertz CT molecular complexity index is 459. The van der Waals surface area contributed by atoms with E-state index in [2.05, 4.69) is 29.5 Å². The zero-order valence-electron chi connectivity index (χ0n) is 12.0. The first-order valence-corrected chi connectivity index (χ1v) is 6.84. The Hall–Kier alpha value is -1.39. The maximum atomic E-state index is 12.1. The second-order valence-electron chi connectivity index (χ2n) is 5.35. The molecule has 1 aromatic rings. The lowest BCUT2D eigenvalue weighted by Crippen LogP contribution is -2.53. The van der Waals surface area contributed by atoms with Crippen molar-refractivity contribution >= 4 is 5.91 Å². The summed E-state index contributed by atoms with van der Waals surface area (Å²) < 4.78 is 0. The van der Waals surface area contributed by atoms with Crippen molar-refractivity contribution in [2.75, 3.05) is 33.2 Å². The number of hydrogen-bond acceptors (Lipinski definition) is 3. The van der Waals surface area contributed by atoms with E-state index in [1.54, 1.807) is 0 Å². The summed E-state index contributed by atoms with van der Waals surface area (Å²) in [5, 5.41) is 6.38. The molecule has 0 saturated carbocycles. The number of nitrogens with one attached hydrogen (secondary N) is 2. The highest BCUT2D eigenvalue weighted by Gasteiger charge is 2.19. The van der Waals surface area contributed by atoms with Gasteiger partial charge in [-0.15, -0.1) is 0 Å². The molecule has 2 N–H and O–H groups in total. The van der Waals surface area contributed by atoms with E-state index in [-0.39, 0.29) is 5.91 Å². The van der Waals surface area contributed by atoms with Crippen LogP contribution in [0.3, 0.4) is 0 Å². The molecule has 2 rings (SSSR count). The van der Waals surface area contributed by atoms with Crippen LogP contribution < -0.4 is 10.6 Å². The maximum absolute atomic E-state index is 12.1. The summed E-state index contributed by atoms with van der Waals surface area (Å²) in [5.74, 6) is 0.0158. The van der Waals surface area contributed by atoms with Crippen LogP contribution in [-0.4, -0.2) is 50.1 Å². The van der Waals surface area contributed by atoms with Crippen LogP contribution in [-0.2, 0) is 0 Å². The minimum absolute atomic E-state index is 0.0158. The lowest BCUT2D eigenvalue weighted by molar-refractivity contribution is 0.0932. The zero-order chi connectivity index (χ0) is 13.8. The lowest BCUT2D eigenvalue weighted by atomic mass is 10.1. The standard InChI is InChI=1S/C15H23N3O/c1-11-4-5-13(8-12(11)2)15(19)17-10-14-9-16-6-7-18(14)3/h4-5,8,14,16H,6-7,9-10H2,1-3H3,(H,17,19). The molecule has 1 fully saturated rings. The van der Waals surface area contributed by atoms with Crippen LogP contribution in [0.15, 0.2) is 18.2 Å². The number of carbonyl (C=O) groups excluding carboxylic acids is 1. The van der Waals surface area contributed by atoms with Gasteiger partial charge in [0.1, 0.15) is 0 Å². The molecule has 1 aliphatic heterocycles. The topological polar surface area (TPSA) is 44.4 Å². The second-order valence-corrected chi connectivity index (χ2v) is 5.35. The van der Waals surface area contributed by atoms with Gasteiger partial charge in [-0.1, -0.05) is 6.07 Å². The number of hydrogen-bond donors (Lipinski definition) is 2. The Kier molecular flexibility index (Phi) is 4.56.